The minimum Gasteiger partial charge on any atom is -0.497 e. The summed E-state index contributed by atoms with van der Waals surface area (Å²) in [5.74, 6) is 1.04. The van der Waals surface area contributed by atoms with E-state index < -0.39 is 5.41 Å². The average molecular weight is 491 g/mol. The predicted octanol–water partition coefficient (Wildman–Crippen LogP) is 4.06. The average Bonchev–Trinajstić information content (AvgIpc) is 3.66. The predicted molar refractivity (Wildman–Crippen MR) is 132 cm³/mol. The largest absolute Gasteiger partial charge is 0.497 e. The van der Waals surface area contributed by atoms with Crippen molar-refractivity contribution in [3.05, 3.63) is 83.7 Å². The van der Waals surface area contributed by atoms with Gasteiger partial charge < -0.3 is 24.4 Å². The standard InChI is InChI=1S/C28H27FN2O5/c1-34-21-11-12-25(35-2)18(13-21)15-30-26(32)16-31-24-6-4-3-5-22(24)23-14-28(23,27(31)33)17-36-20-9-7-19(29)8-10-20/h3-13,23H,14-17H2,1-2H3,(H,30,32)/t23-,28+/m0/s1. The molecule has 0 unspecified atom stereocenters. The zero-order chi connectivity index (χ0) is 25.3. The first-order valence-corrected chi connectivity index (χ1v) is 11.7. The van der Waals surface area contributed by atoms with Crippen LogP contribution >= 0.6 is 0 Å². The minimum atomic E-state index is -0.737. The quantitative estimate of drug-likeness (QED) is 0.490. The van der Waals surface area contributed by atoms with E-state index in [2.05, 4.69) is 5.32 Å². The summed E-state index contributed by atoms with van der Waals surface area (Å²) in [6.07, 6.45) is 0.642. The van der Waals surface area contributed by atoms with Crippen LogP contribution in [0.3, 0.4) is 0 Å². The lowest BCUT2D eigenvalue weighted by atomic mass is 9.92. The molecule has 1 saturated carbocycles. The molecular formula is C28H27FN2O5. The number of halogens is 1. The number of hydrogen-bond donors (Lipinski definition) is 1. The molecule has 5 rings (SSSR count). The second kappa shape index (κ2) is 9.53. The number of carbonyl (C=O) groups excluding carboxylic acids is 2. The molecule has 0 spiro atoms. The minimum absolute atomic E-state index is 0.0296. The number of amides is 2. The van der Waals surface area contributed by atoms with Gasteiger partial charge in [-0.3, -0.25) is 9.59 Å². The van der Waals surface area contributed by atoms with Crippen molar-refractivity contribution >= 4 is 17.5 Å². The highest BCUT2D eigenvalue weighted by Crippen LogP contribution is 2.65. The maximum Gasteiger partial charge on any atom is 0.240 e. The normalized spacial score (nSPS) is 19.7. The first kappa shape index (κ1) is 23.7. The van der Waals surface area contributed by atoms with E-state index in [1.54, 1.807) is 49.5 Å². The van der Waals surface area contributed by atoms with Crippen LogP contribution in [0.2, 0.25) is 0 Å². The summed E-state index contributed by atoms with van der Waals surface area (Å²) in [5, 5.41) is 2.89. The van der Waals surface area contributed by atoms with Crippen LogP contribution in [0.4, 0.5) is 10.1 Å². The summed E-state index contributed by atoms with van der Waals surface area (Å²) in [6, 6.07) is 18.8. The van der Waals surface area contributed by atoms with Gasteiger partial charge in [-0.25, -0.2) is 4.39 Å². The molecule has 1 heterocycles. The molecule has 0 aromatic heterocycles. The Morgan fingerprint density at radius 2 is 1.81 bits per heavy atom. The van der Waals surface area contributed by atoms with E-state index in [-0.39, 0.29) is 43.2 Å². The van der Waals surface area contributed by atoms with Gasteiger partial charge in [0.15, 0.2) is 0 Å². The van der Waals surface area contributed by atoms with Crippen molar-refractivity contribution in [1.82, 2.24) is 5.32 Å². The van der Waals surface area contributed by atoms with Crippen LogP contribution in [0, 0.1) is 11.2 Å². The third-order valence-electron chi connectivity index (χ3n) is 6.92. The first-order valence-electron chi connectivity index (χ1n) is 11.7. The number of carbonyl (C=O) groups is 2. The van der Waals surface area contributed by atoms with E-state index in [9.17, 15) is 14.0 Å². The van der Waals surface area contributed by atoms with Crippen molar-refractivity contribution in [2.75, 3.05) is 32.3 Å². The Bertz CT molecular complexity index is 1300. The van der Waals surface area contributed by atoms with Crippen LogP contribution in [0.25, 0.3) is 0 Å². The van der Waals surface area contributed by atoms with Gasteiger partial charge in [-0.2, -0.15) is 0 Å². The van der Waals surface area contributed by atoms with Crippen LogP contribution in [0.5, 0.6) is 17.2 Å². The summed E-state index contributed by atoms with van der Waals surface area (Å²) < 4.78 is 29.8. The van der Waals surface area contributed by atoms with E-state index in [4.69, 9.17) is 14.2 Å². The van der Waals surface area contributed by atoms with Crippen molar-refractivity contribution in [2.45, 2.75) is 18.9 Å². The van der Waals surface area contributed by atoms with Crippen molar-refractivity contribution < 1.29 is 28.2 Å². The summed E-state index contributed by atoms with van der Waals surface area (Å²) in [4.78, 5) is 28.2. The Morgan fingerprint density at radius 3 is 2.56 bits per heavy atom. The van der Waals surface area contributed by atoms with E-state index in [0.29, 0.717) is 23.7 Å². The van der Waals surface area contributed by atoms with Gasteiger partial charge >= 0.3 is 0 Å². The van der Waals surface area contributed by atoms with Crippen molar-refractivity contribution in [1.29, 1.82) is 0 Å². The van der Waals surface area contributed by atoms with Crippen LogP contribution < -0.4 is 24.4 Å². The first-order chi connectivity index (χ1) is 17.4. The van der Waals surface area contributed by atoms with Gasteiger partial charge in [0.05, 0.1) is 19.6 Å². The van der Waals surface area contributed by atoms with Gasteiger partial charge in [0, 0.05) is 23.7 Å². The van der Waals surface area contributed by atoms with E-state index in [1.165, 1.54) is 12.1 Å². The maximum atomic E-state index is 13.7. The Morgan fingerprint density at radius 1 is 1.06 bits per heavy atom. The molecule has 8 heteroatoms. The molecule has 2 amide bonds. The number of methoxy groups -OCH3 is 2. The van der Waals surface area contributed by atoms with E-state index >= 15 is 0 Å². The number of hydrogen-bond acceptors (Lipinski definition) is 5. The summed E-state index contributed by atoms with van der Waals surface area (Å²) in [5.41, 5.74) is 1.81. The topological polar surface area (TPSA) is 77.1 Å². The third-order valence-corrected chi connectivity index (χ3v) is 6.92. The highest BCUT2D eigenvalue weighted by molar-refractivity contribution is 6.07. The molecule has 36 heavy (non-hydrogen) atoms. The lowest BCUT2D eigenvalue weighted by Crippen LogP contribution is -2.48. The third kappa shape index (κ3) is 4.34. The molecule has 1 aliphatic carbocycles. The molecule has 0 bridgehead atoms. The molecule has 2 aliphatic rings. The molecule has 0 radical (unpaired) electrons. The molecule has 1 aliphatic heterocycles. The number of para-hydroxylation sites is 1. The number of ether oxygens (including phenoxy) is 3. The molecule has 3 aromatic carbocycles. The molecule has 1 N–H and O–H groups in total. The molecule has 3 aromatic rings. The Balaban J connectivity index is 1.31. The maximum absolute atomic E-state index is 13.7. The number of rotatable bonds is 9. The molecule has 0 saturated heterocycles. The van der Waals surface area contributed by atoms with Crippen molar-refractivity contribution in [3.8, 4) is 17.2 Å². The number of benzene rings is 3. The second-order valence-corrected chi connectivity index (χ2v) is 9.06. The number of fused-ring (bicyclic) bond motifs is 3. The van der Waals surface area contributed by atoms with Gasteiger partial charge in [0.1, 0.15) is 36.2 Å². The van der Waals surface area contributed by atoms with Gasteiger partial charge in [-0.05, 0) is 60.5 Å². The van der Waals surface area contributed by atoms with Gasteiger partial charge in [0.25, 0.3) is 0 Å². The molecule has 186 valence electrons. The summed E-state index contributed by atoms with van der Waals surface area (Å²) in [7, 11) is 3.14. The zero-order valence-corrected chi connectivity index (χ0v) is 20.1. The molecule has 7 nitrogen and oxygen atoms in total. The van der Waals surface area contributed by atoms with Crippen LogP contribution in [0.15, 0.2) is 66.7 Å². The van der Waals surface area contributed by atoms with Gasteiger partial charge in [0.2, 0.25) is 11.8 Å². The zero-order valence-electron chi connectivity index (χ0n) is 20.1. The monoisotopic (exact) mass is 490 g/mol. The Kier molecular flexibility index (Phi) is 6.26. The number of nitrogens with zero attached hydrogens (tertiary/aromatic N) is 1. The highest BCUT2D eigenvalue weighted by Gasteiger charge is 2.66. The SMILES string of the molecule is COc1ccc(OC)c(CNC(=O)CN2C(=O)[C@@]3(COc4ccc(F)cc4)C[C@H]3c3ccccc32)c1. The fraction of sp³-hybridized carbons (Fsp3) is 0.286. The van der Waals surface area contributed by atoms with Crippen molar-refractivity contribution in [2.24, 2.45) is 5.41 Å². The second-order valence-electron chi connectivity index (χ2n) is 9.06. The fourth-order valence-electron chi connectivity index (χ4n) is 4.89. The van der Waals surface area contributed by atoms with Crippen LogP contribution in [-0.2, 0) is 16.1 Å². The van der Waals surface area contributed by atoms with Crippen LogP contribution in [-0.4, -0.2) is 39.2 Å². The highest BCUT2D eigenvalue weighted by atomic mass is 19.1. The Hall–Kier alpha value is -4.07. The molecule has 2 atom stereocenters. The fourth-order valence-corrected chi connectivity index (χ4v) is 4.89. The smallest absolute Gasteiger partial charge is 0.240 e. The number of nitrogens with one attached hydrogen (secondary N) is 1. The summed E-state index contributed by atoms with van der Waals surface area (Å²) in [6.45, 7) is 0.271. The Labute approximate surface area is 208 Å². The van der Waals surface area contributed by atoms with E-state index in [0.717, 1.165) is 16.8 Å². The molecular weight excluding hydrogens is 463 g/mol. The summed E-state index contributed by atoms with van der Waals surface area (Å²) >= 11 is 0. The lowest BCUT2D eigenvalue weighted by Gasteiger charge is -2.33. The van der Waals surface area contributed by atoms with Crippen LogP contribution in [0.1, 0.15) is 23.5 Å². The number of anilines is 1. The molecule has 1 fully saturated rings. The van der Waals surface area contributed by atoms with E-state index in [1.807, 2.05) is 24.3 Å². The van der Waals surface area contributed by atoms with Gasteiger partial charge in [-0.1, -0.05) is 18.2 Å². The van der Waals surface area contributed by atoms with Gasteiger partial charge in [-0.15, -0.1) is 0 Å². The van der Waals surface area contributed by atoms with Crippen molar-refractivity contribution in [3.63, 3.8) is 0 Å². The lowest BCUT2D eigenvalue weighted by molar-refractivity contribution is -0.128.